The van der Waals surface area contributed by atoms with Crippen molar-refractivity contribution < 1.29 is 53.9 Å². The lowest BCUT2D eigenvalue weighted by atomic mass is 10.0. The van der Waals surface area contributed by atoms with E-state index in [1.807, 2.05) is 111 Å². The zero-order valence-electron chi connectivity index (χ0n) is 79.0. The number of aromatic nitrogens is 8. The van der Waals surface area contributed by atoms with Gasteiger partial charge in [-0.1, -0.05) is 121 Å². The predicted octanol–water partition coefficient (Wildman–Crippen LogP) is 18.8. The van der Waals surface area contributed by atoms with Crippen LogP contribution in [0.1, 0.15) is 233 Å². The fourth-order valence-corrected chi connectivity index (χ4v) is 20.0. The van der Waals surface area contributed by atoms with Crippen molar-refractivity contribution in [1.82, 2.24) is 70.9 Å². The Labute approximate surface area is 790 Å². The molecule has 135 heavy (non-hydrogen) atoms. The van der Waals surface area contributed by atoms with E-state index in [2.05, 4.69) is 166 Å². The van der Waals surface area contributed by atoms with Gasteiger partial charge in [-0.05, 0) is 270 Å². The molecule has 5 heterocycles. The largest absolute Gasteiger partial charge is 0.490 e. The average Bonchev–Trinajstić information content (AvgIpc) is 1.66. The SMILES string of the molecule is CC1CN(CCS(=O)(=O)N[C@H]2CCc3c(-c4noc(-c5ccc(OC(C)C)c(C#N)c5)n4)cccc32)C1.CCCNCCS(=O)(=O)N[C@H]1CCc2c(-c3noc(-c4ccc(OC(C)C)c(C#N)c4)n3)cccc21.CC[C@@H](C)N[C@H]1CCc2c(-c3noc(-c4ccc(OC(C)C)c(C#N)c4)n3)cccc21.CC[C@H](C)N[C@@H]1CCc2c(-c3noc(-c4ccc(OC(C)C)c(C#N)c4)n3)cccc21. The lowest BCUT2D eigenvalue weighted by molar-refractivity contribution is 0.121. The van der Waals surface area contributed by atoms with E-state index >= 15 is 0 Å². The molecular formula is C103H118N18O12S2. The first kappa shape index (κ1) is 98.1. The number of rotatable bonds is 34. The normalized spacial score (nSPS) is 16.4. The number of hydrogen-bond acceptors (Lipinski definition) is 28. The second kappa shape index (κ2) is 44.5. The maximum absolute atomic E-state index is 12.8. The molecule has 30 nitrogen and oxygen atoms in total. The number of hydrogen-bond donors (Lipinski definition) is 5. The Morgan fingerprint density at radius 1 is 0.400 bits per heavy atom. The Hall–Kier alpha value is -12.9. The van der Waals surface area contributed by atoms with Crippen LogP contribution in [0.25, 0.3) is 91.4 Å². The summed E-state index contributed by atoms with van der Waals surface area (Å²) in [6, 6.07) is 55.1. The maximum Gasteiger partial charge on any atom is 0.258 e. The summed E-state index contributed by atoms with van der Waals surface area (Å²) in [5.74, 6) is 6.33. The molecule has 1 saturated heterocycles. The van der Waals surface area contributed by atoms with Gasteiger partial charge in [-0.15, -0.1) is 0 Å². The van der Waals surface area contributed by atoms with E-state index in [4.69, 9.17) is 37.0 Å². The van der Waals surface area contributed by atoms with E-state index < -0.39 is 20.0 Å². The molecule has 5 N–H and O–H groups in total. The van der Waals surface area contributed by atoms with Crippen LogP contribution in [-0.2, 0) is 45.7 Å². The predicted molar refractivity (Wildman–Crippen MR) is 515 cm³/mol. The molecule has 704 valence electrons. The number of nitrogens with one attached hydrogen (secondary N) is 5. The van der Waals surface area contributed by atoms with E-state index in [1.165, 1.54) is 22.3 Å². The van der Waals surface area contributed by atoms with Gasteiger partial charge in [0.05, 0.1) is 58.2 Å². The molecule has 0 unspecified atom stereocenters. The zero-order valence-corrected chi connectivity index (χ0v) is 80.6. The van der Waals surface area contributed by atoms with E-state index in [9.17, 15) is 37.9 Å². The van der Waals surface area contributed by atoms with Gasteiger partial charge in [-0.3, -0.25) is 0 Å². The molecule has 0 saturated carbocycles. The number of ether oxygens (including phenoxy) is 4. The number of benzene rings is 8. The third-order valence-corrected chi connectivity index (χ3v) is 27.0. The molecule has 4 aliphatic carbocycles. The molecule has 8 aromatic carbocycles. The minimum absolute atomic E-state index is 0.00763. The molecule has 0 amide bonds. The molecule has 17 rings (SSSR count). The molecular weight excluding hydrogens is 1750 g/mol. The van der Waals surface area contributed by atoms with Crippen molar-refractivity contribution in [2.24, 2.45) is 5.92 Å². The highest BCUT2D eigenvalue weighted by Crippen LogP contribution is 2.44. The zero-order chi connectivity index (χ0) is 95.8. The van der Waals surface area contributed by atoms with Gasteiger partial charge in [0.1, 0.15) is 47.3 Å². The fourth-order valence-electron chi connectivity index (χ4n) is 17.5. The fraction of sp³-hybridized carbons (Fsp3) is 0.417. The van der Waals surface area contributed by atoms with Crippen molar-refractivity contribution in [2.45, 2.75) is 228 Å². The molecule has 6 atom stereocenters. The summed E-state index contributed by atoms with van der Waals surface area (Å²) in [6.45, 7) is 32.1. The smallest absolute Gasteiger partial charge is 0.258 e. The van der Waals surface area contributed by atoms with Crippen molar-refractivity contribution in [3.8, 4) is 139 Å². The molecule has 0 bridgehead atoms. The Balaban J connectivity index is 0.000000145. The van der Waals surface area contributed by atoms with Crippen LogP contribution in [0, 0.1) is 51.2 Å². The second-order valence-electron chi connectivity index (χ2n) is 35.9. The molecule has 0 radical (unpaired) electrons. The lowest BCUT2D eigenvalue weighted by Crippen LogP contribution is -2.47. The highest BCUT2D eigenvalue weighted by atomic mass is 32.2. The first-order valence-electron chi connectivity index (χ1n) is 46.7. The highest BCUT2D eigenvalue weighted by molar-refractivity contribution is 7.89. The standard InChI is InChI=1S/C27H31N5O4S.C26H31N5O4S.2C25H28N4O2/c1-17(2)35-25-10-7-19(13-20(25)14-28)27-29-26(30-36-27)23-6-4-5-22-21(23)8-9-24(22)31-37(33,34)12-11-32-15-18(3)16-32;1-4-12-28-13-14-36(32,33)31-23-10-9-20-21(23)6-5-7-22(20)25-29-26(35-30-25)18-8-11-24(34-17(2)3)19(15-18)16-27;2*1-5-16(4)27-22-11-10-19-20(22)7-6-8-21(19)24-28-25(31-29-24)17-9-12-23(30-15(2)3)18(13-17)14-26/h4-7,10,13,17-18,24,31H,8-9,11-12,15-16H2,1-3H3;5-8,11,15,17,23,28,31H,4,9-10,12-14H2,1-3H3;2*6-9,12-13,15-16,22,27H,5,10-11H2,1-4H3/t24-;23-;2*16-,22+/m0010/s1. The van der Waals surface area contributed by atoms with Crippen LogP contribution in [-0.4, -0.2) is 143 Å². The van der Waals surface area contributed by atoms with Gasteiger partial charge in [0.2, 0.25) is 43.3 Å². The van der Waals surface area contributed by atoms with E-state index in [-0.39, 0.29) is 48.0 Å². The number of likely N-dealkylation sites (tertiary alicyclic amines) is 1. The van der Waals surface area contributed by atoms with Crippen molar-refractivity contribution in [1.29, 1.82) is 21.0 Å². The molecule has 1 fully saturated rings. The number of sulfonamides is 2. The summed E-state index contributed by atoms with van der Waals surface area (Å²) in [5.41, 5.74) is 17.2. The van der Waals surface area contributed by atoms with Crippen molar-refractivity contribution >= 4 is 20.0 Å². The first-order chi connectivity index (χ1) is 65.0. The van der Waals surface area contributed by atoms with Crippen molar-refractivity contribution in [3.05, 3.63) is 212 Å². The second-order valence-corrected chi connectivity index (χ2v) is 39.7. The lowest BCUT2D eigenvalue weighted by Gasteiger charge is -2.37. The van der Waals surface area contributed by atoms with Crippen LogP contribution in [0.4, 0.5) is 0 Å². The molecule has 5 aliphatic rings. The summed E-state index contributed by atoms with van der Waals surface area (Å²) < 4.78 is 101. The van der Waals surface area contributed by atoms with Crippen molar-refractivity contribution in [3.63, 3.8) is 0 Å². The van der Waals surface area contributed by atoms with Crippen LogP contribution in [0.3, 0.4) is 0 Å². The Bertz CT molecular complexity index is 6410. The topological polar surface area (TPSA) is 419 Å². The maximum atomic E-state index is 12.8. The Morgan fingerprint density at radius 3 is 0.963 bits per heavy atom. The monoisotopic (exact) mass is 1860 g/mol. The quantitative estimate of drug-likeness (QED) is 0.0234. The third kappa shape index (κ3) is 24.3. The number of nitriles is 4. The van der Waals surface area contributed by atoms with Gasteiger partial charge in [0, 0.05) is 107 Å². The van der Waals surface area contributed by atoms with Crippen LogP contribution in [0.2, 0.25) is 0 Å². The van der Waals surface area contributed by atoms with Crippen molar-refractivity contribution in [2.75, 3.05) is 44.2 Å². The molecule has 1 aliphatic heterocycles. The summed E-state index contributed by atoms with van der Waals surface area (Å²) in [5, 5.41) is 65.5. The van der Waals surface area contributed by atoms with E-state index in [1.54, 1.807) is 60.7 Å². The summed E-state index contributed by atoms with van der Waals surface area (Å²) in [4.78, 5) is 20.6. The van der Waals surface area contributed by atoms with Gasteiger partial charge in [-0.2, -0.15) is 41.0 Å². The Kier molecular flexibility index (Phi) is 32.4. The van der Waals surface area contributed by atoms with Gasteiger partial charge in [-0.25, -0.2) is 26.3 Å². The van der Waals surface area contributed by atoms with Gasteiger partial charge in [0.25, 0.3) is 23.6 Å². The third-order valence-electron chi connectivity index (χ3n) is 24.2. The summed E-state index contributed by atoms with van der Waals surface area (Å²) >= 11 is 0. The Morgan fingerprint density at radius 2 is 0.689 bits per heavy atom. The van der Waals surface area contributed by atoms with Gasteiger partial charge >= 0.3 is 0 Å². The van der Waals surface area contributed by atoms with Crippen LogP contribution in [0.5, 0.6) is 23.0 Å². The van der Waals surface area contributed by atoms with Gasteiger partial charge in [0.15, 0.2) is 0 Å². The van der Waals surface area contributed by atoms with Gasteiger partial charge < -0.3 is 57.9 Å². The number of nitrogens with zero attached hydrogens (tertiary/aromatic N) is 13. The molecule has 32 heteroatoms. The minimum Gasteiger partial charge on any atom is -0.490 e. The minimum atomic E-state index is -3.41. The summed E-state index contributed by atoms with van der Waals surface area (Å²) in [7, 11) is -6.82. The molecule has 4 aromatic heterocycles. The average molecular weight is 1860 g/mol. The molecule has 0 spiro atoms. The number of fused-ring (bicyclic) bond motifs is 4. The van der Waals surface area contributed by atoms with Crippen LogP contribution in [0.15, 0.2) is 164 Å². The van der Waals surface area contributed by atoms with E-state index in [0.717, 1.165) is 109 Å². The molecule has 12 aromatic rings. The van der Waals surface area contributed by atoms with E-state index in [0.29, 0.717) is 183 Å². The highest BCUT2D eigenvalue weighted by Gasteiger charge is 2.35. The first-order valence-corrected chi connectivity index (χ1v) is 50.0. The van der Waals surface area contributed by atoms with Crippen LogP contribution >= 0.6 is 0 Å². The van der Waals surface area contributed by atoms with Crippen LogP contribution < -0.4 is 44.3 Å². The summed E-state index contributed by atoms with van der Waals surface area (Å²) in [6.07, 6.45) is 9.94.